The van der Waals surface area contributed by atoms with Gasteiger partial charge in [-0.1, -0.05) is 6.07 Å². The van der Waals surface area contributed by atoms with Crippen LogP contribution in [0.25, 0.3) is 0 Å². The minimum atomic E-state index is -3.74. The number of halogens is 1. The summed E-state index contributed by atoms with van der Waals surface area (Å²) in [4.78, 5) is 12.2. The Kier molecular flexibility index (Phi) is 8.48. The fourth-order valence-electron chi connectivity index (χ4n) is 1.81. The number of hydrogen-bond acceptors (Lipinski definition) is 6. The van der Waals surface area contributed by atoms with Crippen molar-refractivity contribution >= 4 is 44.0 Å². The van der Waals surface area contributed by atoms with Gasteiger partial charge in [0.2, 0.25) is 26.0 Å². The Morgan fingerprint density at radius 1 is 1.20 bits per heavy atom. The minimum absolute atomic E-state index is 0. The van der Waals surface area contributed by atoms with Gasteiger partial charge in [0, 0.05) is 18.8 Å². The summed E-state index contributed by atoms with van der Waals surface area (Å²) in [6, 6.07) is 5.60. The molecule has 12 heteroatoms. The molecule has 9 nitrogen and oxygen atoms in total. The molecule has 0 aliphatic rings. The molecule has 0 aliphatic heterocycles. The Morgan fingerprint density at radius 3 is 2.32 bits per heavy atom. The Balaban J connectivity index is 0.00000576. The molecular weight excluding hydrogens is 392 g/mol. The molecule has 0 saturated heterocycles. The van der Waals surface area contributed by atoms with Crippen molar-refractivity contribution in [2.45, 2.75) is 24.3 Å². The van der Waals surface area contributed by atoms with Gasteiger partial charge in [-0.15, -0.1) is 12.4 Å². The lowest BCUT2D eigenvalue weighted by Crippen LogP contribution is -2.51. The number of benzene rings is 1. The average molecular weight is 415 g/mol. The second-order valence-electron chi connectivity index (χ2n) is 5.67. The molecule has 0 fully saturated rings. The third kappa shape index (κ3) is 7.67. The van der Waals surface area contributed by atoms with Crippen molar-refractivity contribution in [3.63, 3.8) is 0 Å². The van der Waals surface area contributed by atoms with E-state index in [0.717, 1.165) is 6.26 Å². The van der Waals surface area contributed by atoms with E-state index in [1.807, 2.05) is 0 Å². The molecule has 0 heterocycles. The van der Waals surface area contributed by atoms with Crippen LogP contribution in [0.5, 0.6) is 0 Å². The van der Waals surface area contributed by atoms with Crippen LogP contribution in [0, 0.1) is 0 Å². The van der Waals surface area contributed by atoms with Crippen LogP contribution in [0.4, 0.5) is 5.69 Å². The largest absolute Gasteiger partial charge is 0.329 e. The van der Waals surface area contributed by atoms with Gasteiger partial charge >= 0.3 is 0 Å². The summed E-state index contributed by atoms with van der Waals surface area (Å²) in [5, 5.41) is 2.49. The van der Waals surface area contributed by atoms with Crippen LogP contribution in [-0.4, -0.2) is 47.6 Å². The molecule has 144 valence electrons. The predicted octanol–water partition coefficient (Wildman–Crippen LogP) is -0.388. The van der Waals surface area contributed by atoms with Gasteiger partial charge in [0.1, 0.15) is 5.54 Å². The summed E-state index contributed by atoms with van der Waals surface area (Å²) in [6.45, 7) is 3.03. The predicted molar refractivity (Wildman–Crippen MR) is 98.6 cm³/mol. The monoisotopic (exact) mass is 414 g/mol. The highest BCUT2D eigenvalue weighted by Crippen LogP contribution is 2.17. The van der Waals surface area contributed by atoms with Gasteiger partial charge in [0.05, 0.1) is 11.2 Å². The number of carbonyl (C=O) groups is 1. The van der Waals surface area contributed by atoms with Crippen LogP contribution in [0.2, 0.25) is 0 Å². The molecule has 1 aromatic carbocycles. The van der Waals surface area contributed by atoms with Crippen molar-refractivity contribution in [3.8, 4) is 0 Å². The molecule has 0 spiro atoms. The maximum atomic E-state index is 12.2. The van der Waals surface area contributed by atoms with Crippen molar-refractivity contribution < 1.29 is 21.6 Å². The molecule has 1 amide bonds. The fourth-order valence-corrected chi connectivity index (χ4v) is 3.93. The SMILES string of the molecule is CC(C)(NS(C)(=O)=O)C(=O)Nc1cccc(S(=O)(=O)NCCN)c1.Cl. The maximum Gasteiger partial charge on any atom is 0.245 e. The number of rotatable bonds is 8. The quantitative estimate of drug-likeness (QED) is 0.455. The van der Waals surface area contributed by atoms with Crippen molar-refractivity contribution in [1.29, 1.82) is 0 Å². The lowest BCUT2D eigenvalue weighted by molar-refractivity contribution is -0.120. The second kappa shape index (κ2) is 8.92. The van der Waals surface area contributed by atoms with Gasteiger partial charge in [-0.2, -0.15) is 0 Å². The standard InChI is InChI=1S/C13H22N4O5S2.ClH/c1-13(2,17-23(3,19)20)12(18)16-10-5-4-6-11(9-10)24(21,22)15-8-7-14;/h4-6,9,15,17H,7-8,14H2,1-3H3,(H,16,18);1H. The number of amides is 1. The topological polar surface area (TPSA) is 147 Å². The first-order valence-corrected chi connectivity index (χ1v) is 10.3. The molecule has 25 heavy (non-hydrogen) atoms. The van der Waals surface area contributed by atoms with Gasteiger partial charge in [-0.05, 0) is 32.0 Å². The summed E-state index contributed by atoms with van der Waals surface area (Å²) < 4.78 is 51.2. The summed E-state index contributed by atoms with van der Waals surface area (Å²) in [5.41, 5.74) is 4.09. The van der Waals surface area contributed by atoms with Crippen molar-refractivity contribution in [3.05, 3.63) is 24.3 Å². The minimum Gasteiger partial charge on any atom is -0.329 e. The highest BCUT2D eigenvalue weighted by atomic mass is 35.5. The van der Waals surface area contributed by atoms with E-state index in [0.29, 0.717) is 0 Å². The lowest BCUT2D eigenvalue weighted by Gasteiger charge is -2.24. The molecule has 0 aromatic heterocycles. The molecule has 0 atom stereocenters. The van der Waals surface area contributed by atoms with E-state index in [1.54, 1.807) is 0 Å². The van der Waals surface area contributed by atoms with Crippen LogP contribution in [0.15, 0.2) is 29.2 Å². The van der Waals surface area contributed by atoms with Crippen molar-refractivity contribution in [2.24, 2.45) is 5.73 Å². The zero-order valence-electron chi connectivity index (χ0n) is 14.1. The lowest BCUT2D eigenvalue weighted by atomic mass is 10.1. The van der Waals surface area contributed by atoms with E-state index in [4.69, 9.17) is 5.73 Å². The van der Waals surface area contributed by atoms with E-state index in [9.17, 15) is 21.6 Å². The fraction of sp³-hybridized carbons (Fsp3) is 0.462. The molecule has 5 N–H and O–H groups in total. The van der Waals surface area contributed by atoms with Gasteiger partial charge in [0.15, 0.2) is 0 Å². The molecule has 1 aromatic rings. The first-order valence-electron chi connectivity index (χ1n) is 6.97. The number of sulfonamides is 2. The van der Waals surface area contributed by atoms with Crippen molar-refractivity contribution in [2.75, 3.05) is 24.7 Å². The highest BCUT2D eigenvalue weighted by Gasteiger charge is 2.31. The summed E-state index contributed by atoms with van der Waals surface area (Å²) >= 11 is 0. The number of anilines is 1. The number of nitrogens with two attached hydrogens (primary N) is 1. The van der Waals surface area contributed by atoms with E-state index < -0.39 is 31.5 Å². The molecular formula is C13H23ClN4O5S2. The third-order valence-corrected chi connectivity index (χ3v) is 5.19. The van der Waals surface area contributed by atoms with Gasteiger partial charge in [-0.25, -0.2) is 26.3 Å². The smallest absolute Gasteiger partial charge is 0.245 e. The zero-order chi connectivity index (χ0) is 18.6. The number of nitrogens with one attached hydrogen (secondary N) is 3. The normalized spacial score (nSPS) is 12.3. The Hall–Kier alpha value is -1.24. The third-order valence-electron chi connectivity index (χ3n) is 2.85. The number of hydrogen-bond donors (Lipinski definition) is 4. The summed E-state index contributed by atoms with van der Waals surface area (Å²) in [7, 11) is -7.33. The average Bonchev–Trinajstić information content (AvgIpc) is 2.43. The van der Waals surface area contributed by atoms with Crippen LogP contribution in [0.1, 0.15) is 13.8 Å². The molecule has 1 rings (SSSR count). The van der Waals surface area contributed by atoms with Crippen LogP contribution < -0.4 is 20.5 Å². The molecule has 0 aliphatic carbocycles. The second-order valence-corrected chi connectivity index (χ2v) is 9.18. The first kappa shape index (κ1) is 23.8. The highest BCUT2D eigenvalue weighted by molar-refractivity contribution is 7.89. The van der Waals surface area contributed by atoms with Crippen LogP contribution >= 0.6 is 12.4 Å². The zero-order valence-corrected chi connectivity index (χ0v) is 16.5. The van der Waals surface area contributed by atoms with Gasteiger partial charge in [-0.3, -0.25) is 4.79 Å². The summed E-state index contributed by atoms with van der Waals surface area (Å²) in [6.07, 6.45) is 0.943. The first-order chi connectivity index (χ1) is 10.9. The van der Waals surface area contributed by atoms with Crippen LogP contribution in [-0.2, 0) is 24.8 Å². The van der Waals surface area contributed by atoms with E-state index in [-0.39, 0.29) is 36.1 Å². The van der Waals surface area contributed by atoms with E-state index >= 15 is 0 Å². The maximum absolute atomic E-state index is 12.2. The Bertz CT molecular complexity index is 809. The molecule has 0 radical (unpaired) electrons. The summed E-state index contributed by atoms with van der Waals surface area (Å²) in [5.74, 6) is -0.627. The molecule has 0 unspecified atom stereocenters. The number of carbonyl (C=O) groups excluding carboxylic acids is 1. The Labute approximate surface area is 154 Å². The van der Waals surface area contributed by atoms with E-state index in [1.165, 1.54) is 38.1 Å². The molecule has 0 bridgehead atoms. The van der Waals surface area contributed by atoms with E-state index in [2.05, 4.69) is 14.8 Å². The molecule has 0 saturated carbocycles. The Morgan fingerprint density at radius 2 is 1.80 bits per heavy atom. The van der Waals surface area contributed by atoms with Crippen LogP contribution in [0.3, 0.4) is 0 Å². The van der Waals surface area contributed by atoms with Crippen molar-refractivity contribution in [1.82, 2.24) is 9.44 Å². The van der Waals surface area contributed by atoms with Gasteiger partial charge < -0.3 is 11.1 Å². The van der Waals surface area contributed by atoms with Gasteiger partial charge in [0.25, 0.3) is 0 Å².